The van der Waals surface area contributed by atoms with E-state index in [4.69, 9.17) is 57.3 Å². The van der Waals surface area contributed by atoms with E-state index in [0.717, 1.165) is 5.56 Å². The number of aliphatic imine (C=N–C) groups is 4. The Morgan fingerprint density at radius 2 is 0.705 bits per heavy atom. The molecule has 432 valence electrons. The van der Waals surface area contributed by atoms with Crippen molar-refractivity contribution in [2.24, 2.45) is 83.2 Å². The number of hydrogen-bond donors (Lipinski definition) is 17. The molecule has 2 aromatic carbocycles. The highest BCUT2D eigenvalue weighted by atomic mass is 16.2. The zero-order valence-corrected chi connectivity index (χ0v) is 45.0. The molecule has 0 aromatic heterocycles. The molecule has 2 aromatic rings. The molecule has 78 heavy (non-hydrogen) atoms. The van der Waals surface area contributed by atoms with Gasteiger partial charge in [0.25, 0.3) is 0 Å². The summed E-state index contributed by atoms with van der Waals surface area (Å²) in [5.41, 5.74) is 57.8. The summed E-state index contributed by atoms with van der Waals surface area (Å²) in [5.74, 6) is -5.80. The standard InChI is InChI=1S/C50H85N21O7/c1-29(2)26-33(51)41(73)67-34(18-10-22-61-47(53)54)42(74)68-35(19-11-23-62-48(55)56)43(75)69-36(20-12-24-63-49(57)58)44(76)70-37(21-13-25-64-50(59)60)45(77)71-39(28-32-16-8-5-9-17-32)46(78)66-30(3)65-38(40(52)72)27-31-14-6-4-7-15-31/h4-9,14-17,29-30,33-39,65H,10-13,18-28,51H2,1-3H3,(H2,52,72)(H,66,78)(H,67,73)(H,68,74)(H,69,75)(H,70,76)(H,71,77)(H4,53,54,61)(H4,55,56,62)(H4,57,58,63)(H4,59,60,64)/t30-,33-,34-,35-,36-,37-,38-,39-/m0/s1. The summed E-state index contributed by atoms with van der Waals surface area (Å²) >= 11 is 0. The van der Waals surface area contributed by atoms with Crippen LogP contribution in [0.15, 0.2) is 80.6 Å². The first kappa shape index (κ1) is 65.8. The molecule has 0 aliphatic carbocycles. The number of primary amides is 1. The molecular formula is C50H85N21O7. The van der Waals surface area contributed by atoms with Crippen LogP contribution in [0.2, 0.25) is 0 Å². The van der Waals surface area contributed by atoms with E-state index in [1.165, 1.54) is 0 Å². The topological polar surface area (TPSA) is 513 Å². The van der Waals surface area contributed by atoms with Crippen molar-refractivity contribution >= 4 is 65.2 Å². The van der Waals surface area contributed by atoms with Crippen LogP contribution in [-0.4, -0.2) is 140 Å². The molecule has 7 amide bonds. The van der Waals surface area contributed by atoms with Gasteiger partial charge in [-0.1, -0.05) is 74.5 Å². The van der Waals surface area contributed by atoms with Gasteiger partial charge in [-0.15, -0.1) is 0 Å². The summed E-state index contributed by atoms with van der Waals surface area (Å²) in [7, 11) is 0. The molecule has 2 rings (SSSR count). The van der Waals surface area contributed by atoms with Crippen LogP contribution >= 0.6 is 0 Å². The predicted octanol–water partition coefficient (Wildman–Crippen LogP) is -4.61. The van der Waals surface area contributed by atoms with Crippen LogP contribution in [0.5, 0.6) is 0 Å². The number of nitrogens with one attached hydrogen (secondary N) is 7. The van der Waals surface area contributed by atoms with Crippen molar-refractivity contribution < 1.29 is 33.6 Å². The van der Waals surface area contributed by atoms with Crippen molar-refractivity contribution in [2.45, 2.75) is 140 Å². The number of hydrogen-bond acceptors (Lipinski definition) is 13. The van der Waals surface area contributed by atoms with E-state index in [1.54, 1.807) is 37.3 Å². The maximum atomic E-state index is 14.5. The molecule has 0 unspecified atom stereocenters. The van der Waals surface area contributed by atoms with Gasteiger partial charge >= 0.3 is 0 Å². The highest BCUT2D eigenvalue weighted by Gasteiger charge is 2.33. The van der Waals surface area contributed by atoms with Crippen molar-refractivity contribution in [3.63, 3.8) is 0 Å². The van der Waals surface area contributed by atoms with Gasteiger partial charge in [0, 0.05) is 32.6 Å². The molecule has 8 atom stereocenters. The average Bonchev–Trinajstić information content (AvgIpc) is 3.37. The van der Waals surface area contributed by atoms with Crippen LogP contribution < -0.4 is 94.6 Å². The Bertz CT molecular complexity index is 2320. The lowest BCUT2D eigenvalue weighted by atomic mass is 10.0. The fourth-order valence-electron chi connectivity index (χ4n) is 7.88. The van der Waals surface area contributed by atoms with Crippen molar-refractivity contribution in [3.05, 3.63) is 71.8 Å². The Morgan fingerprint density at radius 1 is 0.410 bits per heavy atom. The summed E-state index contributed by atoms with van der Waals surface area (Å²) in [5, 5.41) is 19.5. The molecule has 0 aliphatic heterocycles. The molecule has 0 spiro atoms. The molecule has 0 saturated heterocycles. The largest absolute Gasteiger partial charge is 0.370 e. The summed E-state index contributed by atoms with van der Waals surface area (Å²) in [6, 6.07) is 9.71. The lowest BCUT2D eigenvalue weighted by Crippen LogP contribution is -2.60. The van der Waals surface area contributed by atoms with Crippen LogP contribution in [0.3, 0.4) is 0 Å². The van der Waals surface area contributed by atoms with Crippen LogP contribution in [0.1, 0.15) is 89.7 Å². The zero-order chi connectivity index (χ0) is 58.2. The Hall–Kier alpha value is -8.27. The predicted molar refractivity (Wildman–Crippen MR) is 301 cm³/mol. The maximum Gasteiger partial charge on any atom is 0.244 e. The SMILES string of the molecule is CC(C)C[C@H](N)C(=O)N[C@@H](CCCN=C(N)N)C(=O)N[C@@H](CCCN=C(N)N)C(=O)N[C@@H](CCCN=C(N)N)C(=O)N[C@@H](CCCN=C(N)N)C(=O)N[C@@H](Cc1ccccc1)C(=O)N[C@@H](C)N[C@@H](Cc1ccccc1)C(N)=O. The highest BCUT2D eigenvalue weighted by Crippen LogP contribution is 2.11. The second-order valence-corrected chi connectivity index (χ2v) is 19.1. The number of benzene rings is 2. The van der Waals surface area contributed by atoms with Crippen molar-refractivity contribution in [3.8, 4) is 0 Å². The quantitative estimate of drug-likeness (QED) is 0.0131. The van der Waals surface area contributed by atoms with Gasteiger partial charge < -0.3 is 89.2 Å². The van der Waals surface area contributed by atoms with Gasteiger partial charge in [0.05, 0.1) is 18.2 Å². The fraction of sp³-hybridized carbons (Fsp3) is 0.540. The summed E-state index contributed by atoms with van der Waals surface area (Å²) in [6.45, 7) is 5.68. The number of guanidine groups is 4. The van der Waals surface area contributed by atoms with E-state index in [2.05, 4.69) is 57.2 Å². The second-order valence-electron chi connectivity index (χ2n) is 19.1. The number of rotatable bonds is 37. The van der Waals surface area contributed by atoms with Gasteiger partial charge in [0.1, 0.15) is 30.2 Å². The molecule has 0 saturated carbocycles. The monoisotopic (exact) mass is 1090 g/mol. The van der Waals surface area contributed by atoms with Crippen LogP contribution in [0, 0.1) is 5.92 Å². The first-order valence-corrected chi connectivity index (χ1v) is 25.9. The fourth-order valence-corrected chi connectivity index (χ4v) is 7.88. The first-order valence-electron chi connectivity index (χ1n) is 25.9. The third-order valence-corrected chi connectivity index (χ3v) is 11.7. The normalized spacial score (nSPS) is 14.0. The second kappa shape index (κ2) is 35.9. The number of amides is 7. The lowest BCUT2D eigenvalue weighted by Gasteiger charge is -2.28. The van der Waals surface area contributed by atoms with Gasteiger partial charge in [-0.3, -0.25) is 58.8 Å². The van der Waals surface area contributed by atoms with Crippen molar-refractivity contribution in [2.75, 3.05) is 26.2 Å². The van der Waals surface area contributed by atoms with Crippen LogP contribution in [-0.2, 0) is 46.4 Å². The van der Waals surface area contributed by atoms with Gasteiger partial charge in [0.2, 0.25) is 41.4 Å². The Balaban J connectivity index is 2.55. The van der Waals surface area contributed by atoms with Gasteiger partial charge in [-0.05, 0) is 88.2 Å². The molecule has 28 nitrogen and oxygen atoms in total. The van der Waals surface area contributed by atoms with E-state index >= 15 is 0 Å². The van der Waals surface area contributed by atoms with E-state index in [-0.39, 0.29) is 120 Å². The smallest absolute Gasteiger partial charge is 0.244 e. The molecule has 0 aliphatic rings. The molecule has 28 heteroatoms. The summed E-state index contributed by atoms with van der Waals surface area (Å²) < 4.78 is 0. The minimum atomic E-state index is -1.38. The molecule has 0 fully saturated rings. The number of carbonyl (C=O) groups is 7. The number of nitrogens with two attached hydrogens (primary N) is 10. The third-order valence-electron chi connectivity index (χ3n) is 11.7. The Kier molecular flexibility index (Phi) is 30.3. The maximum absolute atomic E-state index is 14.5. The number of nitrogens with zero attached hydrogens (tertiary/aromatic N) is 4. The Labute approximate surface area is 455 Å². The van der Waals surface area contributed by atoms with Crippen molar-refractivity contribution in [1.82, 2.24) is 37.2 Å². The highest BCUT2D eigenvalue weighted by molar-refractivity contribution is 5.97. The Morgan fingerprint density at radius 3 is 1.01 bits per heavy atom. The summed E-state index contributed by atoms with van der Waals surface area (Å²) in [6.07, 6.45) is 0.339. The third kappa shape index (κ3) is 28.0. The van der Waals surface area contributed by atoms with E-state index in [1.807, 2.05) is 44.2 Å². The average molecular weight is 1090 g/mol. The number of carbonyl (C=O) groups excluding carboxylic acids is 7. The summed E-state index contributed by atoms with van der Waals surface area (Å²) in [4.78, 5) is 113. The van der Waals surface area contributed by atoms with Gasteiger partial charge in [0.15, 0.2) is 23.8 Å². The minimum absolute atomic E-state index is 0.00832. The van der Waals surface area contributed by atoms with E-state index in [9.17, 15) is 33.6 Å². The lowest BCUT2D eigenvalue weighted by molar-refractivity contribution is -0.135. The van der Waals surface area contributed by atoms with Gasteiger partial charge in [-0.25, -0.2) is 0 Å². The van der Waals surface area contributed by atoms with E-state index < -0.39 is 89.8 Å². The molecule has 0 heterocycles. The van der Waals surface area contributed by atoms with E-state index in [0.29, 0.717) is 12.0 Å². The molecule has 0 bridgehead atoms. The molecular weight excluding hydrogens is 1010 g/mol. The van der Waals surface area contributed by atoms with Crippen LogP contribution in [0.4, 0.5) is 0 Å². The van der Waals surface area contributed by atoms with Crippen LogP contribution in [0.25, 0.3) is 0 Å². The minimum Gasteiger partial charge on any atom is -0.370 e. The molecule has 27 N–H and O–H groups in total. The first-order chi connectivity index (χ1) is 36.9. The van der Waals surface area contributed by atoms with Crippen molar-refractivity contribution in [1.29, 1.82) is 0 Å². The van der Waals surface area contributed by atoms with Gasteiger partial charge in [-0.2, -0.15) is 0 Å². The zero-order valence-electron chi connectivity index (χ0n) is 45.0. The molecule has 0 radical (unpaired) electrons.